The first-order chi connectivity index (χ1) is 16.8. The molecule has 1 aromatic carbocycles. The highest BCUT2D eigenvalue weighted by Gasteiger charge is 2.36. The zero-order valence-corrected chi connectivity index (χ0v) is 20.4. The number of piperidine rings is 1. The monoisotopic (exact) mass is 492 g/mol. The van der Waals surface area contributed by atoms with E-state index in [1.165, 1.54) is 17.1 Å². The third-order valence-electron chi connectivity index (χ3n) is 6.34. The minimum absolute atomic E-state index is 0.00908. The second kappa shape index (κ2) is 9.26. The highest BCUT2D eigenvalue weighted by atomic mass is 32.2. The maximum Gasteiger partial charge on any atom is 0.283 e. The number of fused-ring (bicyclic) bond motifs is 1. The first-order valence-corrected chi connectivity index (χ1v) is 12.4. The molecule has 10 heteroatoms. The molecule has 2 amide bonds. The minimum Gasteiger partial charge on any atom is -0.342 e. The molecule has 1 saturated heterocycles. The van der Waals surface area contributed by atoms with Gasteiger partial charge in [0.1, 0.15) is 10.9 Å². The maximum absolute atomic E-state index is 13.8. The van der Waals surface area contributed by atoms with Gasteiger partial charge in [0.15, 0.2) is 5.84 Å². The van der Waals surface area contributed by atoms with Gasteiger partial charge in [-0.05, 0) is 80.8 Å². The van der Waals surface area contributed by atoms with Gasteiger partial charge in [-0.15, -0.1) is 0 Å². The number of nitrogens with one attached hydrogen (secondary N) is 1. The Hall–Kier alpha value is -3.53. The van der Waals surface area contributed by atoms with Crippen LogP contribution < -0.4 is 0 Å². The highest BCUT2D eigenvalue weighted by molar-refractivity contribution is 8.27. The number of hydrazone groups is 1. The Balaban J connectivity index is 1.40. The van der Waals surface area contributed by atoms with Crippen molar-refractivity contribution in [3.05, 3.63) is 58.7 Å². The number of thioether (sulfide) groups is 1. The molecule has 0 aliphatic carbocycles. The summed E-state index contributed by atoms with van der Waals surface area (Å²) in [5, 5.41) is 15.2. The molecule has 0 radical (unpaired) electrons. The molecule has 1 N–H and O–H groups in total. The molecule has 0 unspecified atom stereocenters. The average molecular weight is 493 g/mol. The fourth-order valence-electron chi connectivity index (χ4n) is 4.59. The van der Waals surface area contributed by atoms with Gasteiger partial charge in [-0.3, -0.25) is 15.0 Å². The number of carbonyl (C=O) groups excluding carboxylic acids is 2. The van der Waals surface area contributed by atoms with Gasteiger partial charge >= 0.3 is 0 Å². The lowest BCUT2D eigenvalue weighted by atomic mass is 10.1. The van der Waals surface area contributed by atoms with E-state index in [0.717, 1.165) is 61.1 Å². The Morgan fingerprint density at radius 1 is 1.20 bits per heavy atom. The first-order valence-electron chi connectivity index (χ1n) is 11.5. The number of rotatable bonds is 4. The Morgan fingerprint density at radius 3 is 2.71 bits per heavy atom. The molecular weight excluding hydrogens is 467 g/mol. The van der Waals surface area contributed by atoms with Gasteiger partial charge in [0.25, 0.3) is 5.91 Å². The van der Waals surface area contributed by atoms with E-state index in [1.54, 1.807) is 12.1 Å². The molecule has 1 aromatic heterocycles. The lowest BCUT2D eigenvalue weighted by Gasteiger charge is -2.26. The number of amidine groups is 2. The number of nitrogens with zero attached hydrogens (tertiary/aromatic N) is 5. The van der Waals surface area contributed by atoms with E-state index >= 15 is 0 Å². The van der Waals surface area contributed by atoms with E-state index < -0.39 is 5.91 Å². The molecule has 0 spiro atoms. The quantitative estimate of drug-likeness (QED) is 0.646. The normalized spacial score (nSPS) is 19.2. The number of amides is 2. The second-order valence-corrected chi connectivity index (χ2v) is 9.81. The number of halogens is 1. The number of carbonyl (C=O) groups is 2. The van der Waals surface area contributed by atoms with E-state index in [2.05, 4.69) is 10.1 Å². The Labute approximate surface area is 206 Å². The van der Waals surface area contributed by atoms with Crippen LogP contribution in [0.1, 0.15) is 42.6 Å². The van der Waals surface area contributed by atoms with Crippen molar-refractivity contribution in [3.8, 4) is 5.69 Å². The third kappa shape index (κ3) is 4.45. The molecule has 0 bridgehead atoms. The lowest BCUT2D eigenvalue weighted by Crippen LogP contribution is -2.36. The second-order valence-electron chi connectivity index (χ2n) is 8.77. The van der Waals surface area contributed by atoms with Gasteiger partial charge in [-0.25, -0.2) is 4.39 Å². The van der Waals surface area contributed by atoms with Crippen molar-refractivity contribution in [1.82, 2.24) is 14.5 Å². The molecule has 0 atom stereocenters. The molecular formula is C25H25FN6O2S. The molecule has 0 saturated carbocycles. The Bertz CT molecular complexity index is 1340. The number of aryl methyl sites for hydroxylation is 1. The molecule has 35 heavy (non-hydrogen) atoms. The van der Waals surface area contributed by atoms with Crippen molar-refractivity contribution in [3.63, 3.8) is 0 Å². The molecule has 1 fully saturated rings. The van der Waals surface area contributed by atoms with Gasteiger partial charge < -0.3 is 9.47 Å². The van der Waals surface area contributed by atoms with E-state index in [4.69, 9.17) is 5.41 Å². The lowest BCUT2D eigenvalue weighted by molar-refractivity contribution is -0.130. The van der Waals surface area contributed by atoms with Crippen molar-refractivity contribution in [2.24, 2.45) is 10.1 Å². The summed E-state index contributed by atoms with van der Waals surface area (Å²) in [4.78, 5) is 31.4. The summed E-state index contributed by atoms with van der Waals surface area (Å²) in [6, 6.07) is 8.19. The third-order valence-corrected chi connectivity index (χ3v) is 7.25. The molecule has 2 aromatic rings. The van der Waals surface area contributed by atoms with E-state index in [0.29, 0.717) is 15.9 Å². The summed E-state index contributed by atoms with van der Waals surface area (Å²) in [7, 11) is 0. The molecule has 4 heterocycles. The SMILES string of the molecule is Cc1cc(C=C2C(=N)N3N=C(CC(=O)N4CCCCC4)SC3=NC2=O)c(C)n1-c1cccc(F)c1. The van der Waals surface area contributed by atoms with Crippen LogP contribution in [0.2, 0.25) is 0 Å². The number of likely N-dealkylation sites (tertiary alicyclic amines) is 1. The number of aromatic nitrogens is 1. The van der Waals surface area contributed by atoms with Crippen LogP contribution in [-0.4, -0.2) is 55.4 Å². The van der Waals surface area contributed by atoms with Crippen LogP contribution in [-0.2, 0) is 9.59 Å². The highest BCUT2D eigenvalue weighted by Crippen LogP contribution is 2.31. The zero-order valence-electron chi connectivity index (χ0n) is 19.5. The Morgan fingerprint density at radius 2 is 1.97 bits per heavy atom. The van der Waals surface area contributed by atoms with Gasteiger partial charge in [0.05, 0.1) is 12.0 Å². The number of hydrogen-bond donors (Lipinski definition) is 1. The maximum atomic E-state index is 13.8. The van der Waals surface area contributed by atoms with Crippen LogP contribution in [0.25, 0.3) is 11.8 Å². The largest absolute Gasteiger partial charge is 0.342 e. The van der Waals surface area contributed by atoms with Crippen LogP contribution in [0, 0.1) is 25.1 Å². The van der Waals surface area contributed by atoms with Crippen molar-refractivity contribution < 1.29 is 14.0 Å². The predicted octanol–water partition coefficient (Wildman–Crippen LogP) is 4.26. The van der Waals surface area contributed by atoms with Crippen LogP contribution >= 0.6 is 11.8 Å². The summed E-state index contributed by atoms with van der Waals surface area (Å²) in [6.45, 7) is 5.30. The van der Waals surface area contributed by atoms with Gasteiger partial charge in [-0.2, -0.15) is 15.1 Å². The summed E-state index contributed by atoms with van der Waals surface area (Å²) < 4.78 is 15.7. The van der Waals surface area contributed by atoms with Gasteiger partial charge in [0.2, 0.25) is 11.1 Å². The molecule has 8 nitrogen and oxygen atoms in total. The molecule has 3 aliphatic heterocycles. The molecule has 5 rings (SSSR count). The topological polar surface area (TPSA) is 94.1 Å². The van der Waals surface area contributed by atoms with Crippen molar-refractivity contribution in [2.45, 2.75) is 39.5 Å². The average Bonchev–Trinajstić information content (AvgIpc) is 3.36. The van der Waals surface area contributed by atoms with Crippen LogP contribution in [0.15, 0.2) is 46.0 Å². The summed E-state index contributed by atoms with van der Waals surface area (Å²) in [5.41, 5.74) is 3.20. The van der Waals surface area contributed by atoms with E-state index in [9.17, 15) is 14.0 Å². The number of aliphatic imine (C=N–C) groups is 1. The number of benzene rings is 1. The van der Waals surface area contributed by atoms with Gasteiger partial charge in [-0.1, -0.05) is 6.07 Å². The summed E-state index contributed by atoms with van der Waals surface area (Å²) in [5.74, 6) is -0.929. The fourth-order valence-corrected chi connectivity index (χ4v) is 5.47. The van der Waals surface area contributed by atoms with E-state index in [-0.39, 0.29) is 29.6 Å². The van der Waals surface area contributed by atoms with Crippen molar-refractivity contribution >= 4 is 45.7 Å². The standard InChI is InChI=1S/C25H25FN6O2S/c1-15-11-17(16(2)31(15)19-8-6-7-18(26)13-19)12-20-23(27)32-25(28-24(20)34)35-21(29-32)14-22(33)30-9-4-3-5-10-30/h6-8,11-13,27H,3-5,9-10,14H2,1-2H3. The van der Waals surface area contributed by atoms with Crippen LogP contribution in [0.3, 0.4) is 0 Å². The first kappa shape index (κ1) is 23.2. The van der Waals surface area contributed by atoms with Gasteiger partial charge in [0, 0.05) is 30.2 Å². The molecule has 3 aliphatic rings. The molecule has 180 valence electrons. The van der Waals surface area contributed by atoms with Crippen molar-refractivity contribution in [1.29, 1.82) is 5.41 Å². The summed E-state index contributed by atoms with van der Waals surface area (Å²) in [6.07, 6.45) is 4.92. The van der Waals surface area contributed by atoms with Crippen molar-refractivity contribution in [2.75, 3.05) is 13.1 Å². The predicted molar refractivity (Wildman–Crippen MR) is 135 cm³/mol. The van der Waals surface area contributed by atoms with Crippen LogP contribution in [0.4, 0.5) is 4.39 Å². The smallest absolute Gasteiger partial charge is 0.283 e. The summed E-state index contributed by atoms with van der Waals surface area (Å²) >= 11 is 1.16. The van der Waals surface area contributed by atoms with Crippen LogP contribution in [0.5, 0.6) is 0 Å². The number of hydrogen-bond acceptors (Lipinski definition) is 5. The fraction of sp³-hybridized carbons (Fsp3) is 0.320. The Kier molecular flexibility index (Phi) is 6.14. The minimum atomic E-state index is -0.525. The zero-order chi connectivity index (χ0) is 24.7. The van der Waals surface area contributed by atoms with E-state index in [1.807, 2.05) is 35.4 Å².